The maximum absolute atomic E-state index is 13.0. The number of thiazole rings is 1. The van der Waals surface area contributed by atoms with Crippen LogP contribution >= 0.6 is 34.7 Å². The molecule has 4 rings (SSSR count). The molecule has 2 amide bonds. The van der Waals surface area contributed by atoms with E-state index in [1.165, 1.54) is 40.9 Å². The van der Waals surface area contributed by atoms with E-state index in [-0.39, 0.29) is 51.9 Å². The SMILES string of the molecule is CCON=C(C(=O)NC1C(=O)N2C(C(=O)OCc3ccc([N+](=O)[O-])cc3)=C(Cl)CS[C@H]12)c1csc(N)n1. The van der Waals surface area contributed by atoms with Gasteiger partial charge in [0.25, 0.3) is 17.5 Å². The van der Waals surface area contributed by atoms with Crippen molar-refractivity contribution in [3.63, 3.8) is 0 Å². The maximum Gasteiger partial charge on any atom is 0.356 e. The molecular weight excluding hydrogens is 548 g/mol. The Bertz CT molecular complexity index is 1310. The van der Waals surface area contributed by atoms with Gasteiger partial charge in [0, 0.05) is 23.3 Å². The van der Waals surface area contributed by atoms with Crippen molar-refractivity contribution in [1.29, 1.82) is 0 Å². The van der Waals surface area contributed by atoms with Crippen molar-refractivity contribution < 1.29 is 28.9 Å². The number of benzene rings is 1. The number of carbonyl (C=O) groups excluding carboxylic acids is 3. The molecule has 0 bridgehead atoms. The number of nitrogens with zero attached hydrogens (tertiary/aromatic N) is 4. The first-order chi connectivity index (χ1) is 17.7. The Balaban J connectivity index is 1.43. The van der Waals surface area contributed by atoms with Crippen molar-refractivity contribution in [2.24, 2.45) is 5.16 Å². The number of nitrogens with two attached hydrogens (primary N) is 1. The molecule has 2 atom stereocenters. The highest BCUT2D eigenvalue weighted by molar-refractivity contribution is 8.00. The van der Waals surface area contributed by atoms with Crippen molar-refractivity contribution in [1.82, 2.24) is 15.2 Å². The highest BCUT2D eigenvalue weighted by Gasteiger charge is 2.54. The van der Waals surface area contributed by atoms with Crippen LogP contribution in [0.15, 0.2) is 45.5 Å². The largest absolute Gasteiger partial charge is 0.456 e. The zero-order chi connectivity index (χ0) is 26.7. The van der Waals surface area contributed by atoms with Crippen LogP contribution in [0.25, 0.3) is 0 Å². The van der Waals surface area contributed by atoms with Crippen LogP contribution in [0.2, 0.25) is 0 Å². The summed E-state index contributed by atoms with van der Waals surface area (Å²) in [6.45, 7) is 1.72. The molecule has 3 N–H and O–H groups in total. The minimum atomic E-state index is -0.956. The number of carbonyl (C=O) groups is 3. The number of aromatic nitrogens is 1. The van der Waals surface area contributed by atoms with E-state index in [0.29, 0.717) is 5.56 Å². The number of hydrogen-bond donors (Lipinski definition) is 2. The molecule has 1 aromatic carbocycles. The third kappa shape index (κ3) is 5.52. The number of β-lactam (4-membered cyclic amide) rings is 1. The standard InChI is InChI=1S/C21H19ClN6O7S2/c1-2-35-26-14(13-9-37-21(23)24-13)17(29)25-15-18(30)27-16(12(22)8-36-19(15)27)20(31)34-7-10-3-5-11(6-4-10)28(32)33/h3-6,9,15,19H,2,7-8H2,1H3,(H2,23,24)(H,25,29)/t15?,19-/m1/s1. The molecule has 1 aromatic heterocycles. The molecule has 0 radical (unpaired) electrons. The van der Waals surface area contributed by atoms with E-state index < -0.39 is 34.1 Å². The smallest absolute Gasteiger partial charge is 0.356 e. The number of non-ortho nitro benzene ring substituents is 1. The van der Waals surface area contributed by atoms with Gasteiger partial charge in [-0.2, -0.15) is 0 Å². The number of nitrogen functional groups attached to an aromatic ring is 1. The van der Waals surface area contributed by atoms with Crippen molar-refractivity contribution in [3.8, 4) is 0 Å². The molecule has 16 heteroatoms. The lowest BCUT2D eigenvalue weighted by atomic mass is 10.0. The highest BCUT2D eigenvalue weighted by atomic mass is 35.5. The summed E-state index contributed by atoms with van der Waals surface area (Å²) >= 11 is 8.65. The number of fused-ring (bicyclic) bond motifs is 1. The van der Waals surface area contributed by atoms with Crippen LogP contribution in [-0.4, -0.2) is 62.1 Å². The van der Waals surface area contributed by atoms with E-state index in [1.54, 1.807) is 12.3 Å². The summed E-state index contributed by atoms with van der Waals surface area (Å²) in [5.41, 5.74) is 6.02. The highest BCUT2D eigenvalue weighted by Crippen LogP contribution is 2.41. The van der Waals surface area contributed by atoms with Gasteiger partial charge in [0.15, 0.2) is 10.8 Å². The second-order valence-corrected chi connectivity index (χ2v) is 9.99. The van der Waals surface area contributed by atoms with Gasteiger partial charge in [0.2, 0.25) is 0 Å². The first kappa shape index (κ1) is 26.4. The molecule has 0 saturated carbocycles. The Hall–Kier alpha value is -3.69. The van der Waals surface area contributed by atoms with Gasteiger partial charge in [-0.1, -0.05) is 16.8 Å². The van der Waals surface area contributed by atoms with E-state index in [9.17, 15) is 24.5 Å². The Morgan fingerprint density at radius 3 is 2.73 bits per heavy atom. The van der Waals surface area contributed by atoms with Gasteiger partial charge >= 0.3 is 5.97 Å². The number of thioether (sulfide) groups is 1. The first-order valence-electron chi connectivity index (χ1n) is 10.7. The molecule has 2 aliphatic rings. The van der Waals surface area contributed by atoms with E-state index in [4.69, 9.17) is 26.9 Å². The average molecular weight is 567 g/mol. The molecule has 0 aliphatic carbocycles. The summed E-state index contributed by atoms with van der Waals surface area (Å²) < 4.78 is 5.30. The maximum atomic E-state index is 13.0. The van der Waals surface area contributed by atoms with Crippen LogP contribution in [0.5, 0.6) is 0 Å². The molecule has 2 aromatic rings. The molecule has 13 nitrogen and oxygen atoms in total. The summed E-state index contributed by atoms with van der Waals surface area (Å²) in [6, 6.07) is 4.54. The third-order valence-electron chi connectivity index (χ3n) is 5.18. The molecule has 2 aliphatic heterocycles. The van der Waals surface area contributed by atoms with E-state index in [2.05, 4.69) is 15.5 Å². The molecule has 1 fully saturated rings. The molecular formula is C21H19ClN6O7S2. The fourth-order valence-corrected chi connectivity index (χ4v) is 5.54. The predicted molar refractivity (Wildman–Crippen MR) is 135 cm³/mol. The second kappa shape index (κ2) is 11.1. The van der Waals surface area contributed by atoms with Crippen LogP contribution in [-0.2, 0) is 30.6 Å². The quantitative estimate of drug-likeness (QED) is 0.150. The van der Waals surface area contributed by atoms with Crippen LogP contribution in [0, 0.1) is 10.1 Å². The first-order valence-corrected chi connectivity index (χ1v) is 13.0. The molecule has 1 unspecified atom stereocenters. The summed E-state index contributed by atoms with van der Waals surface area (Å²) in [5.74, 6) is -1.87. The minimum Gasteiger partial charge on any atom is -0.456 e. The van der Waals surface area contributed by atoms with Crippen molar-refractivity contribution in [2.45, 2.75) is 24.9 Å². The number of esters is 1. The summed E-state index contributed by atoms with van der Waals surface area (Å²) in [6.07, 6.45) is 0. The molecule has 1 saturated heterocycles. The Morgan fingerprint density at radius 1 is 1.38 bits per heavy atom. The van der Waals surface area contributed by atoms with Gasteiger partial charge in [-0.15, -0.1) is 23.1 Å². The van der Waals surface area contributed by atoms with Gasteiger partial charge in [-0.25, -0.2) is 9.78 Å². The molecule has 194 valence electrons. The van der Waals surface area contributed by atoms with E-state index in [1.807, 2.05) is 0 Å². The van der Waals surface area contributed by atoms with Gasteiger partial charge in [0.1, 0.15) is 36.0 Å². The number of nitro groups is 1. The summed E-state index contributed by atoms with van der Waals surface area (Å²) in [7, 11) is 0. The predicted octanol–water partition coefficient (Wildman–Crippen LogP) is 1.97. The zero-order valence-corrected chi connectivity index (χ0v) is 21.5. The monoisotopic (exact) mass is 566 g/mol. The lowest BCUT2D eigenvalue weighted by Crippen LogP contribution is -2.71. The van der Waals surface area contributed by atoms with E-state index in [0.717, 1.165) is 11.3 Å². The average Bonchev–Trinajstić information content (AvgIpc) is 3.31. The number of anilines is 1. The lowest BCUT2D eigenvalue weighted by Gasteiger charge is -2.49. The van der Waals surface area contributed by atoms with Crippen LogP contribution in [0.3, 0.4) is 0 Å². The Labute approximate surface area is 222 Å². The van der Waals surface area contributed by atoms with Crippen molar-refractivity contribution >= 4 is 69.0 Å². The number of nitrogens with one attached hydrogen (secondary N) is 1. The number of amides is 2. The molecule has 3 heterocycles. The van der Waals surface area contributed by atoms with Crippen molar-refractivity contribution in [3.05, 3.63) is 61.7 Å². The summed E-state index contributed by atoms with van der Waals surface area (Å²) in [5, 5.41) is 18.5. The fourth-order valence-electron chi connectivity index (χ4n) is 3.44. The number of nitro benzene ring substituents is 1. The van der Waals surface area contributed by atoms with Gasteiger partial charge in [-0.3, -0.25) is 24.6 Å². The van der Waals surface area contributed by atoms with Gasteiger partial charge < -0.3 is 20.6 Å². The van der Waals surface area contributed by atoms with Crippen molar-refractivity contribution in [2.75, 3.05) is 18.1 Å². The lowest BCUT2D eigenvalue weighted by molar-refractivity contribution is -0.384. The van der Waals surface area contributed by atoms with Crippen LogP contribution in [0.4, 0.5) is 10.8 Å². The number of hydrogen-bond acceptors (Lipinski definition) is 12. The Morgan fingerprint density at radius 2 is 2.11 bits per heavy atom. The number of oxime groups is 1. The zero-order valence-electron chi connectivity index (χ0n) is 19.1. The number of ether oxygens (including phenoxy) is 1. The number of rotatable bonds is 9. The second-order valence-electron chi connectivity index (χ2n) is 7.54. The normalized spacial score (nSPS) is 19.1. The van der Waals surface area contributed by atoms with Crippen LogP contribution < -0.4 is 11.1 Å². The van der Waals surface area contributed by atoms with Gasteiger partial charge in [-0.05, 0) is 24.6 Å². The minimum absolute atomic E-state index is 0.0973. The fraction of sp³-hybridized carbons (Fsp3) is 0.286. The molecule has 0 spiro atoms. The number of halogens is 1. The Kier molecular flexibility index (Phi) is 7.94. The van der Waals surface area contributed by atoms with E-state index >= 15 is 0 Å². The summed E-state index contributed by atoms with van der Waals surface area (Å²) in [4.78, 5) is 59.2. The van der Waals surface area contributed by atoms with Crippen LogP contribution in [0.1, 0.15) is 18.2 Å². The third-order valence-corrected chi connectivity index (χ3v) is 7.61. The van der Waals surface area contributed by atoms with Gasteiger partial charge in [0.05, 0.1) is 9.96 Å². The molecule has 37 heavy (non-hydrogen) atoms. The topological polar surface area (TPSA) is 179 Å².